The number of ether oxygens (including phenoxy) is 2. The summed E-state index contributed by atoms with van der Waals surface area (Å²) < 4.78 is 38.4. The second kappa shape index (κ2) is 8.08. The van der Waals surface area contributed by atoms with Gasteiger partial charge in [0.2, 0.25) is 0 Å². The summed E-state index contributed by atoms with van der Waals surface area (Å²) in [6.07, 6.45) is 1.30. The number of benzene rings is 1. The Morgan fingerprint density at radius 2 is 1.80 bits per heavy atom. The maximum Gasteiger partial charge on any atom is 0.276 e. The van der Waals surface area contributed by atoms with Crippen LogP contribution in [0.4, 0.5) is 0 Å². The zero-order valence-electron chi connectivity index (χ0n) is 12.1. The second-order valence-corrected chi connectivity index (χ2v) is 5.80. The lowest BCUT2D eigenvalue weighted by atomic mass is 10.1. The largest absolute Gasteiger partial charge is 0.497 e. The van der Waals surface area contributed by atoms with Crippen LogP contribution in [0.2, 0.25) is 0 Å². The number of hydrogen-bond acceptors (Lipinski definition) is 4. The highest BCUT2D eigenvalue weighted by molar-refractivity contribution is 7.87. The molecular formula is C13H22N2O4S. The van der Waals surface area contributed by atoms with Crippen molar-refractivity contribution in [3.05, 3.63) is 23.8 Å². The molecule has 0 fully saturated rings. The van der Waals surface area contributed by atoms with Gasteiger partial charge >= 0.3 is 0 Å². The van der Waals surface area contributed by atoms with Gasteiger partial charge in [0.1, 0.15) is 11.5 Å². The molecule has 0 amide bonds. The lowest BCUT2D eigenvalue weighted by molar-refractivity contribution is 0.391. The van der Waals surface area contributed by atoms with Gasteiger partial charge in [-0.15, -0.1) is 0 Å². The van der Waals surface area contributed by atoms with Gasteiger partial charge < -0.3 is 9.47 Å². The predicted molar refractivity (Wildman–Crippen MR) is 78.5 cm³/mol. The molecule has 1 aromatic rings. The molecule has 0 aliphatic carbocycles. The summed E-state index contributed by atoms with van der Waals surface area (Å²) in [5, 5.41) is 0. The number of rotatable bonds is 9. The number of nitrogens with one attached hydrogen (secondary N) is 2. The molecule has 6 nitrogen and oxygen atoms in total. The summed E-state index contributed by atoms with van der Waals surface area (Å²) in [4.78, 5) is 0. The highest BCUT2D eigenvalue weighted by Gasteiger charge is 2.09. The second-order valence-electron chi connectivity index (χ2n) is 4.22. The van der Waals surface area contributed by atoms with Crippen LogP contribution in [-0.4, -0.2) is 35.7 Å². The Bertz CT molecular complexity index is 517. The Labute approximate surface area is 120 Å². The topological polar surface area (TPSA) is 76.7 Å². The van der Waals surface area contributed by atoms with E-state index < -0.39 is 10.2 Å². The van der Waals surface area contributed by atoms with Crippen LogP contribution in [0.1, 0.15) is 18.9 Å². The molecule has 0 aromatic heterocycles. The maximum atomic E-state index is 11.6. The average molecular weight is 302 g/mol. The normalized spacial score (nSPS) is 11.3. The smallest absolute Gasteiger partial charge is 0.276 e. The summed E-state index contributed by atoms with van der Waals surface area (Å²) in [6.45, 7) is 2.65. The third-order valence-corrected chi connectivity index (χ3v) is 3.89. The third-order valence-electron chi connectivity index (χ3n) is 2.72. The van der Waals surface area contributed by atoms with Gasteiger partial charge in [0, 0.05) is 19.2 Å². The van der Waals surface area contributed by atoms with E-state index in [1.807, 2.05) is 19.1 Å². The van der Waals surface area contributed by atoms with Gasteiger partial charge in [0.25, 0.3) is 10.2 Å². The highest BCUT2D eigenvalue weighted by Crippen LogP contribution is 2.24. The van der Waals surface area contributed by atoms with Crippen molar-refractivity contribution in [2.45, 2.75) is 19.8 Å². The Balaban J connectivity index is 2.57. The van der Waals surface area contributed by atoms with E-state index in [0.29, 0.717) is 31.0 Å². The Morgan fingerprint density at radius 3 is 2.40 bits per heavy atom. The van der Waals surface area contributed by atoms with Crippen LogP contribution < -0.4 is 18.9 Å². The molecule has 0 spiro atoms. The maximum absolute atomic E-state index is 11.6. The molecule has 0 heterocycles. The minimum atomic E-state index is -3.41. The Kier molecular flexibility index (Phi) is 6.77. The fourth-order valence-corrected chi connectivity index (χ4v) is 2.61. The molecule has 1 aromatic carbocycles. The van der Waals surface area contributed by atoms with Crippen molar-refractivity contribution in [2.75, 3.05) is 27.3 Å². The van der Waals surface area contributed by atoms with Gasteiger partial charge in [-0.25, -0.2) is 9.44 Å². The third kappa shape index (κ3) is 5.36. The first kappa shape index (κ1) is 16.7. The highest BCUT2D eigenvalue weighted by atomic mass is 32.2. The van der Waals surface area contributed by atoms with Crippen molar-refractivity contribution in [3.8, 4) is 11.5 Å². The van der Waals surface area contributed by atoms with Crippen LogP contribution in [0.5, 0.6) is 11.5 Å². The van der Waals surface area contributed by atoms with E-state index in [2.05, 4.69) is 9.44 Å². The lowest BCUT2D eigenvalue weighted by Crippen LogP contribution is -2.37. The van der Waals surface area contributed by atoms with E-state index in [9.17, 15) is 8.42 Å². The monoisotopic (exact) mass is 302 g/mol. The summed E-state index contributed by atoms with van der Waals surface area (Å²) >= 11 is 0. The quantitative estimate of drug-likeness (QED) is 0.715. The van der Waals surface area contributed by atoms with Crippen molar-refractivity contribution in [1.29, 1.82) is 0 Å². The molecule has 0 unspecified atom stereocenters. The molecule has 0 bridgehead atoms. The summed E-state index contributed by atoms with van der Waals surface area (Å²) in [6, 6.07) is 5.46. The van der Waals surface area contributed by atoms with Crippen molar-refractivity contribution in [2.24, 2.45) is 0 Å². The fraction of sp³-hybridized carbons (Fsp3) is 0.538. The Hall–Kier alpha value is -1.31. The van der Waals surface area contributed by atoms with Crippen LogP contribution in [0.15, 0.2) is 18.2 Å². The van der Waals surface area contributed by atoms with Crippen LogP contribution in [0.3, 0.4) is 0 Å². The molecule has 0 atom stereocenters. The predicted octanol–water partition coefficient (Wildman–Crippen LogP) is 1.08. The number of methoxy groups -OCH3 is 2. The van der Waals surface area contributed by atoms with E-state index >= 15 is 0 Å². The summed E-state index contributed by atoms with van der Waals surface area (Å²) in [7, 11) is -0.252. The molecule has 0 aliphatic heterocycles. The minimum Gasteiger partial charge on any atom is -0.497 e. The minimum absolute atomic E-state index is 0.307. The molecule has 20 heavy (non-hydrogen) atoms. The standard InChI is InChI=1S/C13H22N2O4S/c1-4-8-14-20(16,17)15-9-7-11-5-6-12(18-2)10-13(11)19-3/h5-6,10,14-15H,4,7-9H2,1-3H3. The van der Waals surface area contributed by atoms with Crippen molar-refractivity contribution < 1.29 is 17.9 Å². The van der Waals surface area contributed by atoms with E-state index in [1.165, 1.54) is 0 Å². The zero-order valence-corrected chi connectivity index (χ0v) is 12.9. The molecule has 1 rings (SSSR count). The van der Waals surface area contributed by atoms with Crippen LogP contribution >= 0.6 is 0 Å². The lowest BCUT2D eigenvalue weighted by Gasteiger charge is -2.11. The molecule has 0 aliphatic rings. The van der Waals surface area contributed by atoms with Crippen LogP contribution in [0.25, 0.3) is 0 Å². The van der Waals surface area contributed by atoms with Gasteiger partial charge in [-0.2, -0.15) is 8.42 Å². The van der Waals surface area contributed by atoms with E-state index in [4.69, 9.17) is 9.47 Å². The first-order chi connectivity index (χ1) is 9.52. The first-order valence-electron chi connectivity index (χ1n) is 6.47. The molecule has 0 radical (unpaired) electrons. The van der Waals surface area contributed by atoms with Crippen molar-refractivity contribution in [1.82, 2.24) is 9.44 Å². The summed E-state index contributed by atoms with van der Waals surface area (Å²) in [5.74, 6) is 1.39. The van der Waals surface area contributed by atoms with Gasteiger partial charge in [0.05, 0.1) is 14.2 Å². The van der Waals surface area contributed by atoms with Crippen molar-refractivity contribution >= 4 is 10.2 Å². The molecule has 7 heteroatoms. The Morgan fingerprint density at radius 1 is 1.10 bits per heavy atom. The molecule has 0 saturated heterocycles. The van der Waals surface area contributed by atoms with Gasteiger partial charge in [0.15, 0.2) is 0 Å². The number of hydrogen-bond donors (Lipinski definition) is 2. The van der Waals surface area contributed by atoms with Crippen LogP contribution in [0, 0.1) is 0 Å². The average Bonchev–Trinajstić information content (AvgIpc) is 2.45. The molecule has 2 N–H and O–H groups in total. The fourth-order valence-electron chi connectivity index (χ4n) is 1.67. The molecule has 0 saturated carbocycles. The van der Waals surface area contributed by atoms with E-state index in [1.54, 1.807) is 20.3 Å². The SMILES string of the molecule is CCCNS(=O)(=O)NCCc1ccc(OC)cc1OC. The van der Waals surface area contributed by atoms with E-state index in [-0.39, 0.29) is 0 Å². The van der Waals surface area contributed by atoms with Crippen LogP contribution in [-0.2, 0) is 16.6 Å². The van der Waals surface area contributed by atoms with Gasteiger partial charge in [-0.1, -0.05) is 13.0 Å². The van der Waals surface area contributed by atoms with Crippen molar-refractivity contribution in [3.63, 3.8) is 0 Å². The summed E-state index contributed by atoms with van der Waals surface area (Å²) in [5.41, 5.74) is 0.923. The van der Waals surface area contributed by atoms with Gasteiger partial charge in [-0.3, -0.25) is 0 Å². The molecular weight excluding hydrogens is 280 g/mol. The van der Waals surface area contributed by atoms with E-state index in [0.717, 1.165) is 12.0 Å². The first-order valence-corrected chi connectivity index (χ1v) is 7.96. The van der Waals surface area contributed by atoms with Gasteiger partial charge in [-0.05, 0) is 24.5 Å². The zero-order chi connectivity index (χ0) is 15.0. The molecule has 114 valence electrons.